The molecule has 0 atom stereocenters. The molecule has 0 aliphatic carbocycles. The van der Waals surface area contributed by atoms with E-state index in [9.17, 15) is 9.59 Å². The molecule has 2 saturated heterocycles. The van der Waals surface area contributed by atoms with Crippen LogP contribution in [0.2, 0.25) is 0 Å². The molecule has 0 unspecified atom stereocenters. The number of piperazine rings is 1. The van der Waals surface area contributed by atoms with Gasteiger partial charge >= 0.3 is 5.97 Å². The number of piperidine rings is 1. The lowest BCUT2D eigenvalue weighted by atomic mass is 10.0. The van der Waals surface area contributed by atoms with E-state index in [0.29, 0.717) is 24.6 Å². The second kappa shape index (κ2) is 14.0. The topological polar surface area (TPSA) is 65.1 Å². The highest BCUT2D eigenvalue weighted by molar-refractivity contribution is 5.89. The molecular formula is C30H44N4O3. The molecule has 37 heavy (non-hydrogen) atoms. The molecule has 4 rings (SSSR count). The first kappa shape index (κ1) is 28.5. The van der Waals surface area contributed by atoms with Gasteiger partial charge < -0.3 is 19.9 Å². The molecule has 2 aromatic rings. The maximum Gasteiger partial charge on any atom is 0.338 e. The zero-order valence-electron chi connectivity index (χ0n) is 21.7. The second-order valence-electron chi connectivity index (χ2n) is 9.87. The summed E-state index contributed by atoms with van der Waals surface area (Å²) < 4.78 is 5.04. The smallest absolute Gasteiger partial charge is 0.338 e. The van der Waals surface area contributed by atoms with Crippen molar-refractivity contribution in [1.29, 1.82) is 0 Å². The highest BCUT2D eigenvalue weighted by Gasteiger charge is 2.23. The number of anilines is 2. The van der Waals surface area contributed by atoms with Crippen LogP contribution >= 0.6 is 0 Å². The van der Waals surface area contributed by atoms with Crippen molar-refractivity contribution >= 4 is 23.3 Å². The summed E-state index contributed by atoms with van der Waals surface area (Å²) in [5.41, 5.74) is 4.16. The molecule has 2 aliphatic rings. The molecule has 0 aromatic heterocycles. The predicted molar refractivity (Wildman–Crippen MR) is 151 cm³/mol. The average molecular weight is 509 g/mol. The number of amides is 1. The summed E-state index contributed by atoms with van der Waals surface area (Å²) in [6.45, 7) is 11.1. The van der Waals surface area contributed by atoms with Gasteiger partial charge in [0, 0.05) is 63.1 Å². The van der Waals surface area contributed by atoms with E-state index in [-0.39, 0.29) is 19.3 Å². The van der Waals surface area contributed by atoms with Gasteiger partial charge in [0.2, 0.25) is 5.91 Å². The molecular weight excluding hydrogens is 464 g/mol. The Hall–Kier alpha value is -3.06. The summed E-state index contributed by atoms with van der Waals surface area (Å²) in [6.07, 6.45) is 3.43. The first-order valence-corrected chi connectivity index (χ1v) is 13.4. The lowest BCUT2D eigenvalue weighted by Gasteiger charge is -2.36. The monoisotopic (exact) mass is 508 g/mol. The summed E-state index contributed by atoms with van der Waals surface area (Å²) in [6, 6.07) is 16.5. The van der Waals surface area contributed by atoms with Crippen molar-refractivity contribution in [2.45, 2.75) is 53.0 Å². The number of likely N-dealkylation sites (tertiary alicyclic amines) is 1. The molecule has 7 nitrogen and oxygen atoms in total. The molecule has 2 aromatic carbocycles. The van der Waals surface area contributed by atoms with Crippen LogP contribution in [0.3, 0.4) is 0 Å². The maximum atomic E-state index is 12.8. The Bertz CT molecular complexity index is 977. The summed E-state index contributed by atoms with van der Waals surface area (Å²) >= 11 is 0. The fourth-order valence-electron chi connectivity index (χ4n) is 5.02. The molecule has 2 fully saturated rings. The number of esters is 1. The van der Waals surface area contributed by atoms with Gasteiger partial charge in [0.15, 0.2) is 0 Å². The number of hydrogen-bond donors (Lipinski definition) is 1. The van der Waals surface area contributed by atoms with E-state index < -0.39 is 0 Å². The highest BCUT2D eigenvalue weighted by atomic mass is 16.5. The summed E-state index contributed by atoms with van der Waals surface area (Å²) in [4.78, 5) is 31.5. The van der Waals surface area contributed by atoms with Crippen LogP contribution < -0.4 is 10.2 Å². The van der Waals surface area contributed by atoms with Gasteiger partial charge in [0.25, 0.3) is 0 Å². The number of carbonyl (C=O) groups is 2. The van der Waals surface area contributed by atoms with Gasteiger partial charge in [-0.1, -0.05) is 25.1 Å². The number of rotatable bonds is 9. The number of benzene rings is 2. The second-order valence-corrected chi connectivity index (χ2v) is 9.87. The number of ether oxygens (including phenoxy) is 1. The SMILES string of the molecule is C.CCOC(=O)c1ccc(NC2CCN(C(=O)CCCN3CCN(c4ccc(C)cc4)CC3)CC2)cc1. The largest absolute Gasteiger partial charge is 0.462 e. The standard InChI is InChI=1S/C29H40N4O3.CH4/c1-3-36-29(35)24-8-10-25(11-9-24)30-26-14-17-33(18-15-26)28(34)5-4-16-31-19-21-32(22-20-31)27-12-6-23(2)7-13-27;/h6-13,26,30H,3-5,14-22H2,1-2H3;1H4. The Kier molecular flexibility index (Phi) is 10.8. The van der Waals surface area contributed by atoms with Gasteiger partial charge in [-0.25, -0.2) is 4.79 Å². The van der Waals surface area contributed by atoms with Gasteiger partial charge in [-0.2, -0.15) is 0 Å². The lowest BCUT2D eigenvalue weighted by Crippen LogP contribution is -2.47. The minimum atomic E-state index is -0.291. The third-order valence-electron chi connectivity index (χ3n) is 7.25. The van der Waals surface area contributed by atoms with Gasteiger partial charge in [-0.05, 0) is 76.1 Å². The van der Waals surface area contributed by atoms with E-state index in [0.717, 1.165) is 70.8 Å². The minimum Gasteiger partial charge on any atom is -0.462 e. The highest BCUT2D eigenvalue weighted by Crippen LogP contribution is 2.20. The van der Waals surface area contributed by atoms with Crippen LogP contribution in [0.15, 0.2) is 48.5 Å². The van der Waals surface area contributed by atoms with Gasteiger partial charge in [-0.15, -0.1) is 0 Å². The molecule has 1 N–H and O–H groups in total. The van der Waals surface area contributed by atoms with Crippen molar-refractivity contribution < 1.29 is 14.3 Å². The molecule has 202 valence electrons. The average Bonchev–Trinajstić information content (AvgIpc) is 2.90. The fraction of sp³-hybridized carbons (Fsp3) is 0.533. The van der Waals surface area contributed by atoms with Crippen LogP contribution in [0.5, 0.6) is 0 Å². The van der Waals surface area contributed by atoms with Crippen molar-refractivity contribution in [3.05, 3.63) is 59.7 Å². The third-order valence-corrected chi connectivity index (χ3v) is 7.25. The van der Waals surface area contributed by atoms with Crippen LogP contribution in [0, 0.1) is 6.92 Å². The van der Waals surface area contributed by atoms with E-state index in [1.165, 1.54) is 11.3 Å². The summed E-state index contributed by atoms with van der Waals surface area (Å²) in [7, 11) is 0. The molecule has 1 amide bonds. The normalized spacial score (nSPS) is 16.7. The van der Waals surface area contributed by atoms with Crippen LogP contribution in [-0.4, -0.2) is 80.1 Å². The minimum absolute atomic E-state index is 0. The van der Waals surface area contributed by atoms with Crippen molar-refractivity contribution in [3.63, 3.8) is 0 Å². The van der Waals surface area contributed by atoms with Crippen molar-refractivity contribution in [3.8, 4) is 0 Å². The zero-order chi connectivity index (χ0) is 25.3. The first-order valence-electron chi connectivity index (χ1n) is 13.4. The Morgan fingerprint density at radius 3 is 2.19 bits per heavy atom. The zero-order valence-corrected chi connectivity index (χ0v) is 21.7. The van der Waals surface area contributed by atoms with Crippen LogP contribution in [0.4, 0.5) is 11.4 Å². The molecule has 7 heteroatoms. The lowest BCUT2D eigenvalue weighted by molar-refractivity contribution is -0.132. The number of carbonyl (C=O) groups excluding carboxylic acids is 2. The molecule has 0 radical (unpaired) electrons. The van der Waals surface area contributed by atoms with Crippen LogP contribution in [0.1, 0.15) is 56.0 Å². The Labute approximate surface area is 222 Å². The first-order chi connectivity index (χ1) is 17.5. The quantitative estimate of drug-likeness (QED) is 0.491. The third kappa shape index (κ3) is 8.22. The number of nitrogens with one attached hydrogen (secondary N) is 1. The Morgan fingerprint density at radius 2 is 1.57 bits per heavy atom. The molecule has 0 bridgehead atoms. The summed E-state index contributed by atoms with van der Waals surface area (Å²) in [5.74, 6) is -0.00842. The van der Waals surface area contributed by atoms with Gasteiger partial charge in [-0.3, -0.25) is 9.69 Å². The van der Waals surface area contributed by atoms with E-state index in [1.54, 1.807) is 19.1 Å². The van der Waals surface area contributed by atoms with E-state index >= 15 is 0 Å². The number of nitrogens with zero attached hydrogens (tertiary/aromatic N) is 3. The maximum absolute atomic E-state index is 12.8. The fourth-order valence-corrected chi connectivity index (χ4v) is 5.02. The van der Waals surface area contributed by atoms with E-state index in [4.69, 9.17) is 4.74 Å². The Morgan fingerprint density at radius 1 is 0.919 bits per heavy atom. The molecule has 0 spiro atoms. The van der Waals surface area contributed by atoms with Crippen molar-refractivity contribution in [1.82, 2.24) is 9.80 Å². The Balaban J connectivity index is 0.00000380. The van der Waals surface area contributed by atoms with E-state index in [1.807, 2.05) is 17.0 Å². The number of hydrogen-bond acceptors (Lipinski definition) is 6. The molecule has 2 aliphatic heterocycles. The van der Waals surface area contributed by atoms with Gasteiger partial charge in [0.1, 0.15) is 0 Å². The summed E-state index contributed by atoms with van der Waals surface area (Å²) in [5, 5.41) is 3.54. The van der Waals surface area contributed by atoms with E-state index in [2.05, 4.69) is 46.3 Å². The number of aryl methyl sites for hydroxylation is 1. The van der Waals surface area contributed by atoms with Crippen molar-refractivity contribution in [2.75, 3.05) is 62.6 Å². The molecule has 0 saturated carbocycles. The van der Waals surface area contributed by atoms with Crippen LogP contribution in [-0.2, 0) is 9.53 Å². The predicted octanol–water partition coefficient (Wildman–Crippen LogP) is 4.81. The van der Waals surface area contributed by atoms with Crippen molar-refractivity contribution in [2.24, 2.45) is 0 Å². The molecule has 2 heterocycles. The van der Waals surface area contributed by atoms with Crippen LogP contribution in [0.25, 0.3) is 0 Å². The van der Waals surface area contributed by atoms with Gasteiger partial charge in [0.05, 0.1) is 12.2 Å².